The van der Waals surface area contributed by atoms with Crippen molar-refractivity contribution in [2.45, 2.75) is 51.5 Å². The first-order chi connectivity index (χ1) is 9.20. The molecular weight excluding hydrogens is 256 g/mol. The summed E-state index contributed by atoms with van der Waals surface area (Å²) in [6.07, 6.45) is 5.43. The van der Waals surface area contributed by atoms with Crippen molar-refractivity contribution in [3.8, 4) is 0 Å². The lowest BCUT2D eigenvalue weighted by Crippen LogP contribution is -2.16. The lowest BCUT2D eigenvalue weighted by atomic mass is 9.99. The fraction of sp³-hybridized carbons (Fsp3) is 0.562. The molecule has 1 aromatic carbocycles. The third-order valence-corrected chi connectivity index (χ3v) is 4.77. The molecule has 0 bridgehead atoms. The lowest BCUT2D eigenvalue weighted by Gasteiger charge is -2.23. The maximum atomic E-state index is 6.11. The van der Waals surface area contributed by atoms with Crippen molar-refractivity contribution in [2.75, 3.05) is 0 Å². The fourth-order valence-electron chi connectivity index (χ4n) is 3.45. The van der Waals surface area contributed by atoms with Crippen LogP contribution in [0.25, 0.3) is 11.0 Å². The van der Waals surface area contributed by atoms with Crippen molar-refractivity contribution in [3.05, 3.63) is 29.6 Å². The monoisotopic (exact) mass is 276 g/mol. The molecule has 19 heavy (non-hydrogen) atoms. The van der Waals surface area contributed by atoms with Crippen LogP contribution in [0.1, 0.15) is 50.0 Å². The standard InChI is InChI=1S/C16H21ClN2/c1-11-7-8-14-15(9-11)19(16(10-17)18-14)12(2)13-5-3-4-6-13/h7-9,12-13H,3-6,10H2,1-2H3. The molecule has 1 atom stereocenters. The number of hydrogen-bond acceptors (Lipinski definition) is 1. The molecule has 3 heteroatoms. The quantitative estimate of drug-likeness (QED) is 0.734. The van der Waals surface area contributed by atoms with Gasteiger partial charge in [-0.25, -0.2) is 4.98 Å². The summed E-state index contributed by atoms with van der Waals surface area (Å²) < 4.78 is 2.38. The highest BCUT2D eigenvalue weighted by Gasteiger charge is 2.25. The Hall–Kier alpha value is -1.02. The summed E-state index contributed by atoms with van der Waals surface area (Å²) in [5, 5.41) is 0. The molecule has 1 saturated carbocycles. The molecule has 1 heterocycles. The van der Waals surface area contributed by atoms with Crippen molar-refractivity contribution in [3.63, 3.8) is 0 Å². The molecule has 1 aliphatic rings. The van der Waals surface area contributed by atoms with E-state index in [9.17, 15) is 0 Å². The zero-order chi connectivity index (χ0) is 13.4. The summed E-state index contributed by atoms with van der Waals surface area (Å²) in [6, 6.07) is 6.98. The molecule has 0 radical (unpaired) electrons. The van der Waals surface area contributed by atoms with E-state index in [0.29, 0.717) is 11.9 Å². The van der Waals surface area contributed by atoms with Crippen LogP contribution >= 0.6 is 11.6 Å². The summed E-state index contributed by atoms with van der Waals surface area (Å²) in [6.45, 7) is 4.47. The van der Waals surface area contributed by atoms with Gasteiger partial charge in [0.05, 0.1) is 16.9 Å². The molecule has 2 aromatic rings. The molecule has 1 fully saturated rings. The number of aryl methyl sites for hydroxylation is 1. The fourth-order valence-corrected chi connectivity index (χ4v) is 3.64. The van der Waals surface area contributed by atoms with E-state index in [4.69, 9.17) is 16.6 Å². The number of benzene rings is 1. The minimum Gasteiger partial charge on any atom is -0.324 e. The first kappa shape index (κ1) is 13.0. The predicted octanol–water partition coefficient (Wildman–Crippen LogP) is 4.83. The smallest absolute Gasteiger partial charge is 0.125 e. The summed E-state index contributed by atoms with van der Waals surface area (Å²) >= 11 is 6.11. The van der Waals surface area contributed by atoms with Crippen LogP contribution in [-0.2, 0) is 5.88 Å². The Labute approximate surface area is 119 Å². The van der Waals surface area contributed by atoms with Gasteiger partial charge < -0.3 is 4.57 Å². The Morgan fingerprint density at radius 1 is 1.37 bits per heavy atom. The van der Waals surface area contributed by atoms with Crippen molar-refractivity contribution in [1.82, 2.24) is 9.55 Å². The molecule has 1 aliphatic carbocycles. The zero-order valence-electron chi connectivity index (χ0n) is 11.7. The third kappa shape index (κ3) is 2.27. The van der Waals surface area contributed by atoms with Crippen LogP contribution < -0.4 is 0 Å². The highest BCUT2D eigenvalue weighted by atomic mass is 35.5. The molecular formula is C16H21ClN2. The molecule has 1 unspecified atom stereocenters. The van der Waals surface area contributed by atoms with Gasteiger partial charge in [0, 0.05) is 6.04 Å². The Kier molecular flexibility index (Phi) is 3.53. The second kappa shape index (κ2) is 5.16. The van der Waals surface area contributed by atoms with E-state index in [1.807, 2.05) is 0 Å². The second-order valence-corrected chi connectivity index (χ2v) is 6.08. The topological polar surface area (TPSA) is 17.8 Å². The first-order valence-electron chi connectivity index (χ1n) is 7.24. The van der Waals surface area contributed by atoms with Gasteiger partial charge in [0.2, 0.25) is 0 Å². The number of alkyl halides is 1. The number of hydrogen-bond donors (Lipinski definition) is 0. The van der Waals surface area contributed by atoms with E-state index in [0.717, 1.165) is 17.3 Å². The summed E-state index contributed by atoms with van der Waals surface area (Å²) in [5.74, 6) is 2.28. The average molecular weight is 277 g/mol. The molecule has 0 amide bonds. The van der Waals surface area contributed by atoms with E-state index in [1.54, 1.807) is 0 Å². The Bertz CT molecular complexity index is 582. The van der Waals surface area contributed by atoms with E-state index >= 15 is 0 Å². The second-order valence-electron chi connectivity index (χ2n) is 5.81. The van der Waals surface area contributed by atoms with Gasteiger partial charge in [-0.05, 0) is 50.3 Å². The van der Waals surface area contributed by atoms with Gasteiger partial charge in [-0.15, -0.1) is 11.6 Å². The lowest BCUT2D eigenvalue weighted by molar-refractivity contribution is 0.362. The van der Waals surface area contributed by atoms with Crippen molar-refractivity contribution in [1.29, 1.82) is 0 Å². The van der Waals surface area contributed by atoms with Gasteiger partial charge in [0.15, 0.2) is 0 Å². The van der Waals surface area contributed by atoms with Crippen molar-refractivity contribution >= 4 is 22.6 Å². The van der Waals surface area contributed by atoms with Gasteiger partial charge in [0.1, 0.15) is 5.82 Å². The van der Waals surface area contributed by atoms with E-state index in [1.165, 1.54) is 36.8 Å². The molecule has 0 aliphatic heterocycles. The van der Waals surface area contributed by atoms with Crippen LogP contribution in [0, 0.1) is 12.8 Å². The van der Waals surface area contributed by atoms with E-state index < -0.39 is 0 Å². The number of fused-ring (bicyclic) bond motifs is 1. The molecule has 0 N–H and O–H groups in total. The Morgan fingerprint density at radius 2 is 2.11 bits per heavy atom. The van der Waals surface area contributed by atoms with Crippen LogP contribution in [0.4, 0.5) is 0 Å². The van der Waals surface area contributed by atoms with Gasteiger partial charge in [-0.3, -0.25) is 0 Å². The number of rotatable bonds is 3. The average Bonchev–Trinajstić information content (AvgIpc) is 3.04. The summed E-state index contributed by atoms with van der Waals surface area (Å²) in [7, 11) is 0. The van der Waals surface area contributed by atoms with Gasteiger partial charge in [-0.1, -0.05) is 18.9 Å². The van der Waals surface area contributed by atoms with E-state index in [2.05, 4.69) is 36.6 Å². The van der Waals surface area contributed by atoms with Crippen LogP contribution in [-0.4, -0.2) is 9.55 Å². The first-order valence-corrected chi connectivity index (χ1v) is 7.77. The van der Waals surface area contributed by atoms with Crippen molar-refractivity contribution in [2.24, 2.45) is 5.92 Å². The molecule has 0 saturated heterocycles. The molecule has 102 valence electrons. The number of aromatic nitrogens is 2. The van der Waals surface area contributed by atoms with Gasteiger partial charge in [0.25, 0.3) is 0 Å². The summed E-state index contributed by atoms with van der Waals surface area (Å²) in [5.41, 5.74) is 3.61. The minimum absolute atomic E-state index is 0.491. The maximum Gasteiger partial charge on any atom is 0.125 e. The normalized spacial score (nSPS) is 18.3. The van der Waals surface area contributed by atoms with Crippen molar-refractivity contribution < 1.29 is 0 Å². The SMILES string of the molecule is Cc1ccc2nc(CCl)n(C(C)C3CCCC3)c2c1. The highest BCUT2D eigenvalue weighted by molar-refractivity contribution is 6.16. The number of halogens is 1. The summed E-state index contributed by atoms with van der Waals surface area (Å²) in [4.78, 5) is 4.70. The predicted molar refractivity (Wildman–Crippen MR) is 80.7 cm³/mol. The van der Waals surface area contributed by atoms with Crippen LogP contribution in [0.2, 0.25) is 0 Å². The molecule has 0 spiro atoms. The van der Waals surface area contributed by atoms with E-state index in [-0.39, 0.29) is 0 Å². The van der Waals surface area contributed by atoms with Gasteiger partial charge >= 0.3 is 0 Å². The van der Waals surface area contributed by atoms with Crippen LogP contribution in [0.5, 0.6) is 0 Å². The largest absolute Gasteiger partial charge is 0.324 e. The van der Waals surface area contributed by atoms with Crippen LogP contribution in [0.3, 0.4) is 0 Å². The molecule has 3 rings (SSSR count). The number of imidazole rings is 1. The Morgan fingerprint density at radius 3 is 2.79 bits per heavy atom. The molecule has 1 aromatic heterocycles. The van der Waals surface area contributed by atoms with Gasteiger partial charge in [-0.2, -0.15) is 0 Å². The third-order valence-electron chi connectivity index (χ3n) is 4.53. The Balaban J connectivity index is 2.11. The minimum atomic E-state index is 0.491. The number of nitrogens with zero attached hydrogens (tertiary/aromatic N) is 2. The molecule has 2 nitrogen and oxygen atoms in total. The van der Waals surface area contributed by atoms with Crippen LogP contribution in [0.15, 0.2) is 18.2 Å². The zero-order valence-corrected chi connectivity index (χ0v) is 12.5. The highest BCUT2D eigenvalue weighted by Crippen LogP contribution is 2.36. The maximum absolute atomic E-state index is 6.11.